The van der Waals surface area contributed by atoms with E-state index in [1.807, 2.05) is 6.07 Å². The number of ketones is 1. The molecule has 3 nitrogen and oxygen atoms in total. The highest BCUT2D eigenvalue weighted by Crippen LogP contribution is 2.31. The average Bonchev–Trinajstić information content (AvgIpc) is 2.66. The Kier molecular flexibility index (Phi) is 5.11. The molecule has 0 unspecified atom stereocenters. The zero-order valence-electron chi connectivity index (χ0n) is 17.5. The van der Waals surface area contributed by atoms with Crippen molar-refractivity contribution in [3.63, 3.8) is 0 Å². The van der Waals surface area contributed by atoms with Crippen LogP contribution in [0, 0.1) is 20.8 Å². The van der Waals surface area contributed by atoms with Crippen LogP contribution in [0.5, 0.6) is 0 Å². The molecule has 2 aliphatic rings. The van der Waals surface area contributed by atoms with Gasteiger partial charge in [0.15, 0.2) is 5.78 Å². The molecule has 28 heavy (non-hydrogen) atoms. The van der Waals surface area contributed by atoms with Gasteiger partial charge in [-0.15, -0.1) is 0 Å². The topological polar surface area (TPSA) is 23.6 Å². The minimum atomic E-state index is 0.200. The van der Waals surface area contributed by atoms with Gasteiger partial charge in [-0.2, -0.15) is 0 Å². The normalized spacial score (nSPS) is 19.2. The third kappa shape index (κ3) is 3.64. The highest BCUT2D eigenvalue weighted by Gasteiger charge is 2.24. The second kappa shape index (κ2) is 7.56. The van der Waals surface area contributed by atoms with Crippen molar-refractivity contribution in [2.45, 2.75) is 33.6 Å². The van der Waals surface area contributed by atoms with Crippen molar-refractivity contribution in [1.82, 2.24) is 4.90 Å². The molecule has 1 aliphatic heterocycles. The minimum absolute atomic E-state index is 0.200. The molecule has 1 fully saturated rings. The van der Waals surface area contributed by atoms with E-state index in [0.717, 1.165) is 50.2 Å². The van der Waals surface area contributed by atoms with Crippen molar-refractivity contribution < 1.29 is 4.79 Å². The number of hydrogen-bond donors (Lipinski definition) is 0. The third-order valence-electron chi connectivity index (χ3n) is 6.21. The molecule has 0 spiro atoms. The molecule has 0 bridgehead atoms. The van der Waals surface area contributed by atoms with Gasteiger partial charge in [-0.05, 0) is 87.2 Å². The fourth-order valence-corrected chi connectivity index (χ4v) is 4.56. The Morgan fingerprint density at radius 2 is 1.57 bits per heavy atom. The molecule has 0 N–H and O–H groups in total. The lowest BCUT2D eigenvalue weighted by molar-refractivity contribution is 0.102. The number of benzene rings is 2. The molecule has 0 aromatic heterocycles. The van der Waals surface area contributed by atoms with E-state index in [4.69, 9.17) is 0 Å². The second-order valence-corrected chi connectivity index (χ2v) is 8.44. The first-order valence-corrected chi connectivity index (χ1v) is 10.3. The first kappa shape index (κ1) is 18.9. The number of carbonyl (C=O) groups excluding carboxylic acids is 1. The zero-order chi connectivity index (χ0) is 19.8. The standard InChI is InChI=1S/C25H30N2O/c1-17-13-18(2)24(19(3)14-17)16-21-6-5-20-15-22(7-8-23(20)25(21)28)27-11-9-26(4)10-12-27/h7-8,13-16H,5-6,9-12H2,1-4H3/b21-16+. The summed E-state index contributed by atoms with van der Waals surface area (Å²) in [6, 6.07) is 10.8. The van der Waals surface area contributed by atoms with Crippen molar-refractivity contribution in [2.75, 3.05) is 38.1 Å². The van der Waals surface area contributed by atoms with Crippen LogP contribution in [0.2, 0.25) is 0 Å². The van der Waals surface area contributed by atoms with Gasteiger partial charge < -0.3 is 9.80 Å². The lowest BCUT2D eigenvalue weighted by Crippen LogP contribution is -2.44. The number of hydrogen-bond acceptors (Lipinski definition) is 3. The van der Waals surface area contributed by atoms with Crippen molar-refractivity contribution in [1.29, 1.82) is 0 Å². The smallest absolute Gasteiger partial charge is 0.189 e. The van der Waals surface area contributed by atoms with E-state index < -0.39 is 0 Å². The Morgan fingerprint density at radius 3 is 2.25 bits per heavy atom. The van der Waals surface area contributed by atoms with Gasteiger partial charge in [0, 0.05) is 43.0 Å². The van der Waals surface area contributed by atoms with Crippen molar-refractivity contribution in [3.8, 4) is 0 Å². The van der Waals surface area contributed by atoms with Crippen LogP contribution in [0.4, 0.5) is 5.69 Å². The molecular weight excluding hydrogens is 344 g/mol. The largest absolute Gasteiger partial charge is 0.369 e. The van der Waals surface area contributed by atoms with E-state index in [1.165, 1.54) is 33.5 Å². The number of anilines is 1. The van der Waals surface area contributed by atoms with Gasteiger partial charge in [0.05, 0.1) is 0 Å². The predicted molar refractivity (Wildman–Crippen MR) is 117 cm³/mol. The molecule has 0 saturated carbocycles. The molecule has 0 radical (unpaired) electrons. The second-order valence-electron chi connectivity index (χ2n) is 8.44. The first-order valence-electron chi connectivity index (χ1n) is 10.3. The fraction of sp³-hybridized carbons (Fsp3) is 0.400. The van der Waals surface area contributed by atoms with Crippen LogP contribution in [0.3, 0.4) is 0 Å². The number of rotatable bonds is 2. The molecule has 146 valence electrons. The molecule has 1 saturated heterocycles. The zero-order valence-corrected chi connectivity index (χ0v) is 17.5. The predicted octanol–water partition coefficient (Wildman–Crippen LogP) is 4.58. The highest BCUT2D eigenvalue weighted by atomic mass is 16.1. The van der Waals surface area contributed by atoms with Gasteiger partial charge in [-0.3, -0.25) is 4.79 Å². The Balaban J connectivity index is 1.61. The number of carbonyl (C=O) groups is 1. The number of aryl methyl sites for hydroxylation is 4. The van der Waals surface area contributed by atoms with E-state index in [1.54, 1.807) is 0 Å². The Hall–Kier alpha value is -2.39. The van der Waals surface area contributed by atoms with Crippen molar-refractivity contribution in [2.24, 2.45) is 0 Å². The maximum atomic E-state index is 13.2. The van der Waals surface area contributed by atoms with E-state index >= 15 is 0 Å². The molecule has 2 aromatic carbocycles. The summed E-state index contributed by atoms with van der Waals surface area (Å²) in [6.07, 6.45) is 3.90. The molecule has 4 rings (SSSR count). The van der Waals surface area contributed by atoms with Gasteiger partial charge in [-0.1, -0.05) is 17.7 Å². The molecule has 1 aliphatic carbocycles. The molecule has 3 heteroatoms. The van der Waals surface area contributed by atoms with Gasteiger partial charge in [0.1, 0.15) is 0 Å². The monoisotopic (exact) mass is 374 g/mol. The molecule has 0 atom stereocenters. The summed E-state index contributed by atoms with van der Waals surface area (Å²) < 4.78 is 0. The van der Waals surface area contributed by atoms with Gasteiger partial charge in [0.25, 0.3) is 0 Å². The van der Waals surface area contributed by atoms with E-state index in [-0.39, 0.29) is 5.78 Å². The Labute approximate surface area is 168 Å². The summed E-state index contributed by atoms with van der Waals surface area (Å²) in [5.74, 6) is 0.200. The van der Waals surface area contributed by atoms with Gasteiger partial charge >= 0.3 is 0 Å². The van der Waals surface area contributed by atoms with Crippen LogP contribution in [0.15, 0.2) is 35.9 Å². The number of piperazine rings is 1. The van der Waals surface area contributed by atoms with Crippen LogP contribution < -0.4 is 4.90 Å². The van der Waals surface area contributed by atoms with Crippen LogP contribution in [-0.4, -0.2) is 43.9 Å². The number of nitrogens with zero attached hydrogens (tertiary/aromatic N) is 2. The highest BCUT2D eigenvalue weighted by molar-refractivity contribution is 6.13. The van der Waals surface area contributed by atoms with Crippen molar-refractivity contribution >= 4 is 17.5 Å². The first-order chi connectivity index (χ1) is 13.4. The van der Waals surface area contributed by atoms with Crippen LogP contribution in [0.1, 0.15) is 44.6 Å². The minimum Gasteiger partial charge on any atom is -0.369 e. The molecule has 2 aromatic rings. The van der Waals surface area contributed by atoms with Gasteiger partial charge in [-0.25, -0.2) is 0 Å². The molecule has 1 heterocycles. The maximum absolute atomic E-state index is 13.2. The SMILES string of the molecule is Cc1cc(C)c(/C=C2\CCc3cc(N4CCN(C)CC4)ccc3C2=O)c(C)c1. The summed E-state index contributed by atoms with van der Waals surface area (Å²) in [5.41, 5.74) is 9.25. The molecular formula is C25H30N2O. The number of likely N-dealkylation sites (N-methyl/N-ethyl adjacent to an activating group) is 1. The molecule has 0 amide bonds. The van der Waals surface area contributed by atoms with Crippen LogP contribution in [-0.2, 0) is 6.42 Å². The maximum Gasteiger partial charge on any atom is 0.189 e. The lowest BCUT2D eigenvalue weighted by atomic mass is 9.84. The summed E-state index contributed by atoms with van der Waals surface area (Å²) in [7, 11) is 2.17. The summed E-state index contributed by atoms with van der Waals surface area (Å²) >= 11 is 0. The fourth-order valence-electron chi connectivity index (χ4n) is 4.56. The lowest BCUT2D eigenvalue weighted by Gasteiger charge is -2.34. The van der Waals surface area contributed by atoms with E-state index in [0.29, 0.717) is 0 Å². The van der Waals surface area contributed by atoms with E-state index in [9.17, 15) is 4.79 Å². The summed E-state index contributed by atoms with van der Waals surface area (Å²) in [6.45, 7) is 10.7. The average molecular weight is 375 g/mol. The van der Waals surface area contributed by atoms with Crippen molar-refractivity contribution in [3.05, 3.63) is 69.3 Å². The number of fused-ring (bicyclic) bond motifs is 1. The number of Topliss-reactive ketones (excluding diaryl/α,β-unsaturated/α-hetero) is 1. The summed E-state index contributed by atoms with van der Waals surface area (Å²) in [4.78, 5) is 18.0. The Morgan fingerprint density at radius 1 is 0.893 bits per heavy atom. The van der Waals surface area contributed by atoms with Crippen LogP contribution in [0.25, 0.3) is 6.08 Å². The summed E-state index contributed by atoms with van der Waals surface area (Å²) in [5, 5.41) is 0. The van der Waals surface area contributed by atoms with E-state index in [2.05, 4.69) is 68.0 Å². The quantitative estimate of drug-likeness (QED) is 0.719. The number of allylic oxidation sites excluding steroid dienone is 1. The van der Waals surface area contributed by atoms with Gasteiger partial charge in [0.2, 0.25) is 0 Å². The third-order valence-corrected chi connectivity index (χ3v) is 6.21. The Bertz CT molecular complexity index is 926. The van der Waals surface area contributed by atoms with Crippen LogP contribution >= 0.6 is 0 Å².